The smallest absolute Gasteiger partial charge is 0.244 e. The van der Waals surface area contributed by atoms with Crippen molar-refractivity contribution in [3.63, 3.8) is 0 Å². The molecular weight excluding hydrogens is 296 g/mol. The molecule has 21 heavy (non-hydrogen) atoms. The third-order valence-electron chi connectivity index (χ3n) is 2.79. The highest BCUT2D eigenvalue weighted by atomic mass is 32.2. The Kier molecular flexibility index (Phi) is 4.89. The molecule has 3 N–H and O–H groups in total. The monoisotopic (exact) mass is 312 g/mol. The summed E-state index contributed by atoms with van der Waals surface area (Å²) in [4.78, 5) is 3.87. The van der Waals surface area contributed by atoms with Gasteiger partial charge in [-0.05, 0) is 17.7 Å². The highest BCUT2D eigenvalue weighted by molar-refractivity contribution is 7.89. The van der Waals surface area contributed by atoms with E-state index in [1.54, 1.807) is 12.1 Å². The minimum Gasteiger partial charge on any atom is -0.495 e. The van der Waals surface area contributed by atoms with Gasteiger partial charge in [0, 0.05) is 19.5 Å². The molecule has 0 fully saturated rings. The van der Waals surface area contributed by atoms with Crippen LogP contribution in [0.3, 0.4) is 0 Å². The van der Waals surface area contributed by atoms with E-state index in [0.29, 0.717) is 17.9 Å². The second-order valence-electron chi connectivity index (χ2n) is 4.17. The van der Waals surface area contributed by atoms with Crippen molar-refractivity contribution in [2.75, 3.05) is 13.7 Å². The first-order chi connectivity index (χ1) is 10.1. The van der Waals surface area contributed by atoms with Crippen LogP contribution in [0.1, 0.15) is 11.5 Å². The van der Waals surface area contributed by atoms with Crippen molar-refractivity contribution in [1.82, 2.24) is 14.9 Å². The first kappa shape index (κ1) is 15.4. The SMILES string of the molecule is COc1ccc(CN)cc1S(=O)(=O)NCCc1ncno1. The third-order valence-corrected chi connectivity index (χ3v) is 4.27. The number of hydrogen-bond acceptors (Lipinski definition) is 7. The standard InChI is InChI=1S/C12H16N4O4S/c1-19-10-3-2-9(7-13)6-11(10)21(17,18)16-5-4-12-14-8-15-20-12/h2-3,6,8,16H,4-5,7,13H2,1H3. The second-order valence-corrected chi connectivity index (χ2v) is 5.91. The Morgan fingerprint density at radius 2 is 2.24 bits per heavy atom. The lowest BCUT2D eigenvalue weighted by Crippen LogP contribution is -2.26. The highest BCUT2D eigenvalue weighted by Gasteiger charge is 2.19. The van der Waals surface area contributed by atoms with Gasteiger partial charge in [0.15, 0.2) is 6.33 Å². The average Bonchev–Trinajstić information content (AvgIpc) is 2.99. The van der Waals surface area contributed by atoms with Crippen LogP contribution < -0.4 is 15.2 Å². The van der Waals surface area contributed by atoms with E-state index >= 15 is 0 Å². The number of nitrogens with zero attached hydrogens (tertiary/aromatic N) is 2. The number of methoxy groups -OCH3 is 1. The van der Waals surface area contributed by atoms with Gasteiger partial charge in [-0.25, -0.2) is 13.1 Å². The summed E-state index contributed by atoms with van der Waals surface area (Å²) >= 11 is 0. The molecule has 0 aliphatic carbocycles. The van der Waals surface area contributed by atoms with Crippen LogP contribution in [-0.2, 0) is 23.0 Å². The zero-order valence-electron chi connectivity index (χ0n) is 11.4. The Morgan fingerprint density at radius 1 is 1.43 bits per heavy atom. The van der Waals surface area contributed by atoms with Crippen LogP contribution in [0.5, 0.6) is 5.75 Å². The quantitative estimate of drug-likeness (QED) is 0.741. The Bertz CT molecular complexity index is 685. The van der Waals surface area contributed by atoms with Crippen molar-refractivity contribution in [1.29, 1.82) is 0 Å². The van der Waals surface area contributed by atoms with E-state index in [4.69, 9.17) is 15.0 Å². The molecule has 1 heterocycles. The van der Waals surface area contributed by atoms with Crippen LogP contribution in [0.4, 0.5) is 0 Å². The maximum absolute atomic E-state index is 12.3. The predicted octanol–water partition coefficient (Wildman–Crippen LogP) is 0.0579. The van der Waals surface area contributed by atoms with Gasteiger partial charge < -0.3 is 15.0 Å². The zero-order valence-corrected chi connectivity index (χ0v) is 12.3. The molecule has 0 saturated carbocycles. The molecule has 0 spiro atoms. The van der Waals surface area contributed by atoms with Gasteiger partial charge >= 0.3 is 0 Å². The topological polar surface area (TPSA) is 120 Å². The van der Waals surface area contributed by atoms with Crippen LogP contribution >= 0.6 is 0 Å². The van der Waals surface area contributed by atoms with E-state index in [1.165, 1.54) is 19.5 Å². The molecule has 0 amide bonds. The van der Waals surface area contributed by atoms with E-state index in [9.17, 15) is 8.42 Å². The van der Waals surface area contributed by atoms with Crippen LogP contribution in [0, 0.1) is 0 Å². The van der Waals surface area contributed by atoms with E-state index in [2.05, 4.69) is 14.9 Å². The van der Waals surface area contributed by atoms with E-state index in [1.807, 2.05) is 0 Å². The maximum Gasteiger partial charge on any atom is 0.244 e. The number of ether oxygens (including phenoxy) is 1. The van der Waals surface area contributed by atoms with Gasteiger partial charge in [0.2, 0.25) is 15.9 Å². The summed E-state index contributed by atoms with van der Waals surface area (Å²) in [5.74, 6) is 0.623. The number of sulfonamides is 1. The highest BCUT2D eigenvalue weighted by Crippen LogP contribution is 2.24. The van der Waals surface area contributed by atoms with Crippen LogP contribution in [0.2, 0.25) is 0 Å². The van der Waals surface area contributed by atoms with Crippen LogP contribution in [0.25, 0.3) is 0 Å². The fourth-order valence-electron chi connectivity index (χ4n) is 1.73. The van der Waals surface area contributed by atoms with Crippen LogP contribution in [0.15, 0.2) is 33.9 Å². The number of benzene rings is 1. The Hall–Kier alpha value is -1.97. The molecule has 0 bridgehead atoms. The molecule has 8 nitrogen and oxygen atoms in total. The summed E-state index contributed by atoms with van der Waals surface area (Å²) < 4.78 is 37.0. The van der Waals surface area contributed by atoms with Crippen molar-refractivity contribution in [3.05, 3.63) is 36.0 Å². The number of nitrogens with two attached hydrogens (primary N) is 1. The lowest BCUT2D eigenvalue weighted by Gasteiger charge is -2.11. The Labute approximate surface area is 122 Å². The molecule has 2 aromatic rings. The van der Waals surface area contributed by atoms with E-state index < -0.39 is 10.0 Å². The van der Waals surface area contributed by atoms with Gasteiger partial charge in [-0.2, -0.15) is 4.98 Å². The number of nitrogens with one attached hydrogen (secondary N) is 1. The minimum absolute atomic E-state index is 0.0541. The lowest BCUT2D eigenvalue weighted by molar-refractivity contribution is 0.377. The molecule has 114 valence electrons. The van der Waals surface area contributed by atoms with Crippen LogP contribution in [-0.4, -0.2) is 32.2 Å². The number of rotatable bonds is 7. The average molecular weight is 312 g/mol. The minimum atomic E-state index is -3.71. The van der Waals surface area contributed by atoms with Crippen molar-refractivity contribution in [3.8, 4) is 5.75 Å². The summed E-state index contributed by atoms with van der Waals surface area (Å²) in [5, 5.41) is 3.45. The summed E-state index contributed by atoms with van der Waals surface area (Å²) in [6.45, 7) is 0.384. The second kappa shape index (κ2) is 6.66. The third kappa shape index (κ3) is 3.78. The predicted molar refractivity (Wildman–Crippen MR) is 74.1 cm³/mol. The van der Waals surface area contributed by atoms with Gasteiger partial charge in [-0.1, -0.05) is 11.2 Å². The summed E-state index contributed by atoms with van der Waals surface area (Å²) in [7, 11) is -2.30. The molecule has 9 heteroatoms. The Balaban J connectivity index is 2.14. The van der Waals surface area contributed by atoms with Gasteiger partial charge in [0.05, 0.1) is 7.11 Å². The molecule has 0 aliphatic heterocycles. The van der Waals surface area contributed by atoms with Gasteiger partial charge in [0.1, 0.15) is 10.6 Å². The van der Waals surface area contributed by atoms with E-state index in [0.717, 1.165) is 0 Å². The van der Waals surface area contributed by atoms with Gasteiger partial charge in [-0.3, -0.25) is 0 Å². The molecule has 0 radical (unpaired) electrons. The van der Waals surface area contributed by atoms with Gasteiger partial charge in [0.25, 0.3) is 0 Å². The molecule has 2 rings (SSSR count). The number of aromatic nitrogens is 2. The molecule has 0 aliphatic rings. The first-order valence-electron chi connectivity index (χ1n) is 6.19. The zero-order chi connectivity index (χ0) is 15.3. The van der Waals surface area contributed by atoms with Crippen molar-refractivity contribution < 1.29 is 17.7 Å². The number of hydrogen-bond donors (Lipinski definition) is 2. The van der Waals surface area contributed by atoms with E-state index in [-0.39, 0.29) is 23.7 Å². The van der Waals surface area contributed by atoms with Crippen molar-refractivity contribution in [2.24, 2.45) is 5.73 Å². The molecule has 0 atom stereocenters. The summed E-state index contributed by atoms with van der Waals surface area (Å²) in [5.41, 5.74) is 6.24. The normalized spacial score (nSPS) is 11.5. The summed E-state index contributed by atoms with van der Waals surface area (Å²) in [6.07, 6.45) is 1.57. The molecule has 0 saturated heterocycles. The maximum atomic E-state index is 12.3. The lowest BCUT2D eigenvalue weighted by atomic mass is 10.2. The fraction of sp³-hybridized carbons (Fsp3) is 0.333. The fourth-order valence-corrected chi connectivity index (χ4v) is 2.98. The molecule has 1 aromatic heterocycles. The summed E-state index contributed by atoms with van der Waals surface area (Å²) in [6, 6.07) is 4.79. The molecule has 1 aromatic carbocycles. The first-order valence-corrected chi connectivity index (χ1v) is 7.67. The molecule has 0 unspecified atom stereocenters. The largest absolute Gasteiger partial charge is 0.495 e. The van der Waals surface area contributed by atoms with Crippen molar-refractivity contribution >= 4 is 10.0 Å². The van der Waals surface area contributed by atoms with Crippen molar-refractivity contribution in [2.45, 2.75) is 17.9 Å². The molecular formula is C12H16N4O4S. The Morgan fingerprint density at radius 3 is 2.86 bits per heavy atom. The van der Waals surface area contributed by atoms with Gasteiger partial charge in [-0.15, -0.1) is 0 Å².